The SMILES string of the molecule is C1C[C@]2(O1)C1OC3O[C@H](C4(CO4)[C@@H]2O3)[C@@]12CCO2. The number of rotatable bonds is 0. The van der Waals surface area contributed by atoms with Crippen molar-refractivity contribution in [3.63, 3.8) is 0 Å². The number of hydrogen-bond donors (Lipinski definition) is 0. The Balaban J connectivity index is 1.58. The Hall–Kier alpha value is -0.240. The topological polar surface area (TPSA) is 58.7 Å². The molecule has 7 fully saturated rings. The monoisotopic (exact) mass is 254 g/mol. The fourth-order valence-electron chi connectivity index (χ4n) is 4.66. The number of epoxide rings is 1. The second-order valence-electron chi connectivity index (χ2n) is 6.19. The lowest BCUT2D eigenvalue weighted by Gasteiger charge is -2.72. The lowest BCUT2D eigenvalue weighted by Crippen LogP contribution is -2.90. The molecule has 98 valence electrons. The van der Waals surface area contributed by atoms with Gasteiger partial charge in [-0.3, -0.25) is 0 Å². The molecular formula is C12H14O6. The molecule has 0 aromatic rings. The van der Waals surface area contributed by atoms with E-state index in [2.05, 4.69) is 0 Å². The highest BCUT2D eigenvalue weighted by Gasteiger charge is 2.86. The predicted octanol–water partition coefficient (Wildman–Crippen LogP) is -0.446. The lowest BCUT2D eigenvalue weighted by molar-refractivity contribution is -0.544. The Morgan fingerprint density at radius 3 is 1.44 bits per heavy atom. The third-order valence-corrected chi connectivity index (χ3v) is 5.61. The third-order valence-electron chi connectivity index (χ3n) is 5.61. The van der Waals surface area contributed by atoms with Gasteiger partial charge in [0, 0.05) is 12.8 Å². The molecule has 0 N–H and O–H groups in total. The van der Waals surface area contributed by atoms with E-state index < -0.39 is 6.48 Å². The minimum Gasteiger partial charge on any atom is -0.369 e. The standard InChI is InChI=1S/C12H14O6/c1-3-13-10(1)6-11(2-4-14-11)8-12(5-15-12)7(10)17-9(16-6)18-8/h6-9H,1-5H2/t6?,7-,8+,9?,10+,11-,12?. The van der Waals surface area contributed by atoms with Crippen molar-refractivity contribution in [1.82, 2.24) is 0 Å². The molecule has 6 aliphatic heterocycles. The molecule has 0 aromatic carbocycles. The van der Waals surface area contributed by atoms with Gasteiger partial charge in [-0.1, -0.05) is 0 Å². The Morgan fingerprint density at radius 2 is 1.11 bits per heavy atom. The molecule has 3 spiro atoms. The van der Waals surface area contributed by atoms with Gasteiger partial charge < -0.3 is 28.4 Å². The minimum atomic E-state index is -0.565. The molecular weight excluding hydrogens is 240 g/mol. The summed E-state index contributed by atoms with van der Waals surface area (Å²) in [6.45, 7) is 1.65. The first-order valence-electron chi connectivity index (χ1n) is 6.69. The van der Waals surface area contributed by atoms with E-state index >= 15 is 0 Å². The van der Waals surface area contributed by atoms with Gasteiger partial charge in [-0.2, -0.15) is 0 Å². The third kappa shape index (κ3) is 0.726. The molecule has 7 rings (SSSR count). The van der Waals surface area contributed by atoms with Gasteiger partial charge in [0.25, 0.3) is 6.48 Å². The molecule has 18 heavy (non-hydrogen) atoms. The van der Waals surface area contributed by atoms with Crippen LogP contribution in [0.1, 0.15) is 12.8 Å². The Bertz CT molecular complexity index is 404. The van der Waals surface area contributed by atoms with Crippen LogP contribution in [0, 0.1) is 0 Å². The van der Waals surface area contributed by atoms with Crippen LogP contribution in [0.2, 0.25) is 0 Å². The molecule has 0 amide bonds. The minimum absolute atomic E-state index is 0.0592. The van der Waals surface area contributed by atoms with Gasteiger partial charge in [0.2, 0.25) is 0 Å². The summed E-state index contributed by atoms with van der Waals surface area (Å²) in [7, 11) is 0. The lowest BCUT2D eigenvalue weighted by atomic mass is 9.57. The zero-order valence-electron chi connectivity index (χ0n) is 9.79. The van der Waals surface area contributed by atoms with Crippen molar-refractivity contribution in [3.8, 4) is 0 Å². The molecule has 0 radical (unpaired) electrons. The molecule has 6 saturated heterocycles. The Morgan fingerprint density at radius 1 is 0.667 bits per heavy atom. The highest BCUT2D eigenvalue weighted by Crippen LogP contribution is 2.66. The van der Waals surface area contributed by atoms with Crippen LogP contribution in [0.15, 0.2) is 0 Å². The molecule has 1 aliphatic carbocycles. The van der Waals surface area contributed by atoms with Crippen LogP contribution >= 0.6 is 0 Å². The number of hydrogen-bond acceptors (Lipinski definition) is 6. The summed E-state index contributed by atoms with van der Waals surface area (Å²) in [5.41, 5.74) is -1.08. The maximum atomic E-state index is 5.94. The van der Waals surface area contributed by atoms with Crippen molar-refractivity contribution < 1.29 is 28.4 Å². The first-order valence-corrected chi connectivity index (χ1v) is 6.69. The average molecular weight is 254 g/mol. The van der Waals surface area contributed by atoms with Crippen LogP contribution in [0.5, 0.6) is 0 Å². The normalized spacial score (nSPS) is 70.7. The summed E-state index contributed by atoms with van der Waals surface area (Å²) in [6.07, 6.45) is 1.73. The van der Waals surface area contributed by atoms with Crippen molar-refractivity contribution in [2.75, 3.05) is 19.8 Å². The first kappa shape index (κ1) is 9.63. The molecule has 4 bridgehead atoms. The molecule has 7 atom stereocenters. The van der Waals surface area contributed by atoms with Gasteiger partial charge in [-0.15, -0.1) is 0 Å². The van der Waals surface area contributed by atoms with E-state index in [0.717, 1.165) is 26.1 Å². The van der Waals surface area contributed by atoms with E-state index in [4.69, 9.17) is 28.4 Å². The first-order chi connectivity index (χ1) is 8.80. The van der Waals surface area contributed by atoms with Gasteiger partial charge in [-0.25, -0.2) is 0 Å². The van der Waals surface area contributed by atoms with Crippen molar-refractivity contribution in [3.05, 3.63) is 0 Å². The maximum absolute atomic E-state index is 5.94. The summed E-state index contributed by atoms with van der Waals surface area (Å²) in [6, 6.07) is 0. The van der Waals surface area contributed by atoms with E-state index in [1.807, 2.05) is 0 Å². The molecule has 6 heterocycles. The van der Waals surface area contributed by atoms with Gasteiger partial charge in [0.05, 0.1) is 19.8 Å². The van der Waals surface area contributed by atoms with E-state index in [1.165, 1.54) is 0 Å². The molecule has 3 unspecified atom stereocenters. The summed E-state index contributed by atoms with van der Waals surface area (Å²) < 4.78 is 35.3. The Labute approximate surface area is 103 Å². The van der Waals surface area contributed by atoms with E-state index in [1.54, 1.807) is 0 Å². The van der Waals surface area contributed by atoms with Crippen LogP contribution < -0.4 is 0 Å². The highest BCUT2D eigenvalue weighted by molar-refractivity contribution is 5.33. The van der Waals surface area contributed by atoms with E-state index in [0.29, 0.717) is 6.61 Å². The van der Waals surface area contributed by atoms with Crippen LogP contribution in [-0.4, -0.2) is 61.4 Å². The van der Waals surface area contributed by atoms with Gasteiger partial charge >= 0.3 is 0 Å². The van der Waals surface area contributed by atoms with Crippen LogP contribution in [0.25, 0.3) is 0 Å². The second kappa shape index (κ2) is 2.51. The molecule has 6 nitrogen and oxygen atoms in total. The summed E-state index contributed by atoms with van der Waals surface area (Å²) >= 11 is 0. The molecule has 7 aliphatic rings. The average Bonchev–Trinajstić information content (AvgIpc) is 3.02. The van der Waals surface area contributed by atoms with Crippen molar-refractivity contribution in [1.29, 1.82) is 0 Å². The van der Waals surface area contributed by atoms with Crippen LogP contribution in [0.3, 0.4) is 0 Å². The highest BCUT2D eigenvalue weighted by atomic mass is 16.9. The van der Waals surface area contributed by atoms with Crippen LogP contribution in [0.4, 0.5) is 0 Å². The van der Waals surface area contributed by atoms with Crippen LogP contribution in [-0.2, 0) is 28.4 Å². The van der Waals surface area contributed by atoms with Crippen molar-refractivity contribution in [2.24, 2.45) is 0 Å². The van der Waals surface area contributed by atoms with Gasteiger partial charge in [0.1, 0.15) is 35.1 Å². The largest absolute Gasteiger partial charge is 0.369 e. The predicted molar refractivity (Wildman–Crippen MR) is 53.7 cm³/mol. The molecule has 6 heteroatoms. The summed E-state index contributed by atoms with van der Waals surface area (Å²) in [5, 5.41) is 0. The van der Waals surface area contributed by atoms with Gasteiger partial charge in [-0.05, 0) is 0 Å². The quantitative estimate of drug-likeness (QED) is 0.546. The Kier molecular flexibility index (Phi) is 1.34. The number of ether oxygens (including phenoxy) is 6. The summed E-state index contributed by atoms with van der Waals surface area (Å²) in [5.74, 6) is 0. The molecule has 1 saturated carbocycles. The maximum Gasteiger partial charge on any atom is 0.273 e. The summed E-state index contributed by atoms with van der Waals surface area (Å²) in [4.78, 5) is 0. The van der Waals surface area contributed by atoms with E-state index in [-0.39, 0.29) is 35.1 Å². The van der Waals surface area contributed by atoms with Crippen molar-refractivity contribution in [2.45, 2.75) is 54.4 Å². The zero-order chi connectivity index (χ0) is 11.6. The molecule has 0 aromatic heterocycles. The van der Waals surface area contributed by atoms with Gasteiger partial charge in [0.15, 0.2) is 0 Å². The zero-order valence-corrected chi connectivity index (χ0v) is 9.79. The fraction of sp³-hybridized carbons (Fsp3) is 1.00. The van der Waals surface area contributed by atoms with E-state index in [9.17, 15) is 0 Å². The second-order valence-corrected chi connectivity index (χ2v) is 6.19. The van der Waals surface area contributed by atoms with Crippen molar-refractivity contribution >= 4 is 0 Å². The smallest absolute Gasteiger partial charge is 0.273 e. The fourth-order valence-corrected chi connectivity index (χ4v) is 4.66.